The van der Waals surface area contributed by atoms with E-state index < -0.39 is 0 Å². The third-order valence-electron chi connectivity index (χ3n) is 5.22. The van der Waals surface area contributed by atoms with Crippen LogP contribution in [0.25, 0.3) is 11.6 Å². The molecule has 0 saturated heterocycles. The highest BCUT2D eigenvalue weighted by atomic mass is 79.9. The van der Waals surface area contributed by atoms with Gasteiger partial charge in [-0.05, 0) is 47.0 Å². The van der Waals surface area contributed by atoms with E-state index >= 15 is 0 Å². The molecule has 7 nitrogen and oxygen atoms in total. The van der Waals surface area contributed by atoms with Crippen molar-refractivity contribution < 1.29 is 5.11 Å². The molecule has 0 fully saturated rings. The fourth-order valence-corrected chi connectivity index (χ4v) is 6.06. The zero-order valence-corrected chi connectivity index (χ0v) is 21.0. The van der Waals surface area contributed by atoms with E-state index in [1.165, 1.54) is 15.9 Å². The standard InChI is InChI=1S/C22H19Br2N5O2S/c1-2-7-29-21(31)17(10-13-9-14(23)11-16(24)19(13)30)32-22(29)15(12-25)20-27-26-18-6-4-3-5-8-28(18)20/h2,9-11,30H,1,3-8H2/b17-10-,22-15-. The number of nitrogens with zero attached hydrogens (tertiary/aromatic N) is 5. The topological polar surface area (TPSA) is 96.7 Å². The van der Waals surface area contributed by atoms with Crippen molar-refractivity contribution in [1.82, 2.24) is 19.3 Å². The minimum Gasteiger partial charge on any atom is -0.506 e. The van der Waals surface area contributed by atoms with Crippen LogP contribution in [-0.2, 0) is 19.5 Å². The van der Waals surface area contributed by atoms with Crippen molar-refractivity contribution in [2.45, 2.75) is 38.8 Å². The first-order valence-electron chi connectivity index (χ1n) is 10.0. The molecule has 0 radical (unpaired) electrons. The number of allylic oxidation sites excluding steroid dienone is 1. The molecule has 3 heterocycles. The largest absolute Gasteiger partial charge is 0.506 e. The SMILES string of the molecule is C=CCn1c(=O)/c(=C/c2cc(Br)cc(Br)c2O)s/c1=C(/C#N)c1nnc2n1CCCCC2. The molecule has 1 aliphatic rings. The van der Waals surface area contributed by atoms with E-state index in [-0.39, 0.29) is 17.9 Å². The van der Waals surface area contributed by atoms with E-state index in [9.17, 15) is 15.2 Å². The predicted octanol–water partition coefficient (Wildman–Crippen LogP) is 3.20. The summed E-state index contributed by atoms with van der Waals surface area (Å²) in [5.41, 5.74) is 0.536. The zero-order chi connectivity index (χ0) is 22.8. The summed E-state index contributed by atoms with van der Waals surface area (Å²) in [4.78, 5) is 13.2. The van der Waals surface area contributed by atoms with E-state index in [4.69, 9.17) is 0 Å². The number of phenolic OH excluding ortho intramolecular Hbond substituents is 1. The fourth-order valence-electron chi connectivity index (χ4n) is 3.70. The quantitative estimate of drug-likeness (QED) is 0.481. The maximum absolute atomic E-state index is 13.2. The lowest BCUT2D eigenvalue weighted by molar-refractivity contribution is 0.470. The van der Waals surface area contributed by atoms with Crippen LogP contribution in [0.1, 0.15) is 36.5 Å². The molecule has 0 saturated carbocycles. The molecule has 164 valence electrons. The van der Waals surface area contributed by atoms with Crippen LogP contribution in [0.2, 0.25) is 0 Å². The number of benzene rings is 1. The Balaban J connectivity index is 2.01. The van der Waals surface area contributed by atoms with Gasteiger partial charge in [0.25, 0.3) is 5.56 Å². The summed E-state index contributed by atoms with van der Waals surface area (Å²) in [5.74, 6) is 1.39. The molecule has 32 heavy (non-hydrogen) atoms. The van der Waals surface area contributed by atoms with Gasteiger partial charge in [0.2, 0.25) is 0 Å². The summed E-state index contributed by atoms with van der Waals surface area (Å²) in [7, 11) is 0. The van der Waals surface area contributed by atoms with Crippen LogP contribution in [0.15, 0.2) is 38.5 Å². The number of hydrogen-bond acceptors (Lipinski definition) is 6. The number of phenols is 1. The third kappa shape index (κ3) is 4.25. The summed E-state index contributed by atoms with van der Waals surface area (Å²) < 4.78 is 5.67. The Bertz CT molecular complexity index is 1430. The second-order valence-electron chi connectivity index (χ2n) is 7.33. The van der Waals surface area contributed by atoms with Crippen LogP contribution in [0.5, 0.6) is 5.75 Å². The second-order valence-corrected chi connectivity index (χ2v) is 10.1. The van der Waals surface area contributed by atoms with Gasteiger partial charge in [0.05, 0.1) is 9.01 Å². The maximum Gasteiger partial charge on any atom is 0.269 e. The highest BCUT2D eigenvalue weighted by Crippen LogP contribution is 2.32. The van der Waals surface area contributed by atoms with Crippen molar-refractivity contribution in [3.05, 3.63) is 70.5 Å². The Labute approximate surface area is 204 Å². The average Bonchev–Trinajstić information content (AvgIpc) is 3.18. The van der Waals surface area contributed by atoms with E-state index in [0.717, 1.165) is 42.5 Å². The first kappa shape index (κ1) is 22.7. The van der Waals surface area contributed by atoms with Crippen LogP contribution >= 0.6 is 43.2 Å². The van der Waals surface area contributed by atoms with Crippen molar-refractivity contribution in [2.24, 2.45) is 0 Å². The summed E-state index contributed by atoms with van der Waals surface area (Å²) in [6.07, 6.45) is 7.22. The van der Waals surface area contributed by atoms with Gasteiger partial charge in [-0.25, -0.2) is 0 Å². The van der Waals surface area contributed by atoms with Crippen molar-refractivity contribution in [3.8, 4) is 11.8 Å². The predicted molar refractivity (Wildman–Crippen MR) is 131 cm³/mol. The molecule has 0 aliphatic carbocycles. The maximum atomic E-state index is 13.2. The van der Waals surface area contributed by atoms with Gasteiger partial charge in [-0.1, -0.05) is 28.4 Å². The molecule has 1 aliphatic heterocycles. The minimum atomic E-state index is -0.260. The monoisotopic (exact) mass is 575 g/mol. The van der Waals surface area contributed by atoms with Gasteiger partial charge in [0, 0.05) is 29.5 Å². The third-order valence-corrected chi connectivity index (χ3v) is 7.41. The summed E-state index contributed by atoms with van der Waals surface area (Å²) in [6.45, 7) is 4.75. The molecular weight excluding hydrogens is 558 g/mol. The highest BCUT2D eigenvalue weighted by Gasteiger charge is 2.20. The Morgan fingerprint density at radius 3 is 2.88 bits per heavy atom. The van der Waals surface area contributed by atoms with E-state index in [1.54, 1.807) is 24.3 Å². The van der Waals surface area contributed by atoms with Crippen molar-refractivity contribution in [3.63, 3.8) is 0 Å². The van der Waals surface area contributed by atoms with Gasteiger partial charge in [-0.2, -0.15) is 5.26 Å². The van der Waals surface area contributed by atoms with E-state index in [1.807, 2.05) is 4.57 Å². The van der Waals surface area contributed by atoms with Crippen LogP contribution in [-0.4, -0.2) is 24.4 Å². The van der Waals surface area contributed by atoms with E-state index in [0.29, 0.717) is 30.6 Å². The number of halogens is 2. The lowest BCUT2D eigenvalue weighted by atomic mass is 10.2. The van der Waals surface area contributed by atoms with Crippen LogP contribution in [0.4, 0.5) is 0 Å². The molecule has 3 aromatic rings. The molecule has 1 N–H and O–H groups in total. The van der Waals surface area contributed by atoms with Crippen molar-refractivity contribution in [1.29, 1.82) is 5.26 Å². The molecule has 4 rings (SSSR count). The number of thiazole rings is 1. The number of aryl methyl sites for hydroxylation is 1. The molecule has 0 spiro atoms. The number of nitriles is 1. The van der Waals surface area contributed by atoms with Gasteiger partial charge in [-0.15, -0.1) is 28.1 Å². The second kappa shape index (κ2) is 9.57. The first-order chi connectivity index (χ1) is 15.4. The summed E-state index contributed by atoms with van der Waals surface area (Å²) in [6, 6.07) is 5.71. The summed E-state index contributed by atoms with van der Waals surface area (Å²) in [5, 5.41) is 29.1. The Morgan fingerprint density at radius 1 is 1.31 bits per heavy atom. The lowest BCUT2D eigenvalue weighted by Gasteiger charge is -2.06. The molecule has 0 unspecified atom stereocenters. The van der Waals surface area contributed by atoms with Crippen LogP contribution in [0.3, 0.4) is 0 Å². The fraction of sp³-hybridized carbons (Fsp3) is 0.273. The smallest absolute Gasteiger partial charge is 0.269 e. The van der Waals surface area contributed by atoms with Crippen LogP contribution in [0, 0.1) is 11.3 Å². The molecule has 0 atom stereocenters. The zero-order valence-electron chi connectivity index (χ0n) is 17.0. The van der Waals surface area contributed by atoms with E-state index in [2.05, 4.69) is 54.7 Å². The number of aromatic hydroxyl groups is 1. The lowest BCUT2D eigenvalue weighted by Crippen LogP contribution is -2.32. The molecule has 1 aromatic carbocycles. The number of hydrogen-bond donors (Lipinski definition) is 1. The van der Waals surface area contributed by atoms with Crippen molar-refractivity contribution in [2.75, 3.05) is 0 Å². The summed E-state index contributed by atoms with van der Waals surface area (Å²) >= 11 is 7.92. The number of fused-ring (bicyclic) bond motifs is 1. The Kier molecular flexibility index (Phi) is 6.79. The highest BCUT2D eigenvalue weighted by molar-refractivity contribution is 9.11. The molecule has 0 amide bonds. The Hall–Kier alpha value is -2.48. The average molecular weight is 577 g/mol. The van der Waals surface area contributed by atoms with Gasteiger partial charge in [0.15, 0.2) is 5.82 Å². The molecular formula is C22H19Br2N5O2S. The van der Waals surface area contributed by atoms with Crippen LogP contribution < -0.4 is 14.8 Å². The number of rotatable bonds is 4. The molecule has 0 bridgehead atoms. The Morgan fingerprint density at radius 2 is 2.12 bits per heavy atom. The van der Waals surface area contributed by atoms with Gasteiger partial charge < -0.3 is 9.67 Å². The normalized spacial score (nSPS) is 15.1. The van der Waals surface area contributed by atoms with Gasteiger partial charge in [-0.3, -0.25) is 9.36 Å². The minimum absolute atomic E-state index is 0.0325. The van der Waals surface area contributed by atoms with Gasteiger partial charge >= 0.3 is 0 Å². The van der Waals surface area contributed by atoms with Gasteiger partial charge in [0.1, 0.15) is 27.9 Å². The molecule has 2 aromatic heterocycles. The number of aromatic nitrogens is 4. The van der Waals surface area contributed by atoms with Crippen molar-refractivity contribution >= 4 is 54.8 Å². The molecule has 10 heteroatoms. The first-order valence-corrected chi connectivity index (χ1v) is 12.4.